The van der Waals surface area contributed by atoms with Crippen molar-refractivity contribution in [3.8, 4) is 22.6 Å². The minimum atomic E-state index is -1.60. The standard InChI is InChI=1S/C28H26FN3O4/c1-35-25-13-17(28(33)34)2-7-21(25)26-22-14-23-18(15-30-31-23)12-24(22)32(20-5-3-19(29)4-6-20)27(26)16-8-10-36-11-9-16/h2-7,12-16,28,33-34H,8-11H2,1H3,(H,30,31). The first-order valence-electron chi connectivity index (χ1n) is 11.9. The second-order valence-electron chi connectivity index (χ2n) is 9.12. The zero-order valence-corrected chi connectivity index (χ0v) is 19.7. The van der Waals surface area contributed by atoms with Crippen LogP contribution < -0.4 is 4.74 Å². The van der Waals surface area contributed by atoms with Crippen LogP contribution in [-0.2, 0) is 4.74 Å². The molecule has 0 radical (unpaired) electrons. The molecule has 0 unspecified atom stereocenters. The van der Waals surface area contributed by atoms with E-state index in [2.05, 4.69) is 26.9 Å². The summed E-state index contributed by atoms with van der Waals surface area (Å²) in [5.74, 6) is 0.437. The van der Waals surface area contributed by atoms with E-state index in [4.69, 9.17) is 9.47 Å². The zero-order valence-electron chi connectivity index (χ0n) is 19.7. The van der Waals surface area contributed by atoms with Crippen LogP contribution in [0.3, 0.4) is 0 Å². The van der Waals surface area contributed by atoms with E-state index >= 15 is 0 Å². The number of hydrogen-bond donors (Lipinski definition) is 3. The molecule has 3 aromatic carbocycles. The summed E-state index contributed by atoms with van der Waals surface area (Å²) in [6, 6.07) is 16.0. The van der Waals surface area contributed by atoms with Crippen LogP contribution in [0.2, 0.25) is 0 Å². The van der Waals surface area contributed by atoms with Crippen LogP contribution in [0.1, 0.15) is 36.3 Å². The fraction of sp³-hybridized carbons (Fsp3) is 0.250. The highest BCUT2D eigenvalue weighted by atomic mass is 19.1. The average Bonchev–Trinajstić information content (AvgIpc) is 3.49. The molecule has 0 atom stereocenters. The zero-order chi connectivity index (χ0) is 24.8. The highest BCUT2D eigenvalue weighted by Crippen LogP contribution is 2.47. The third-order valence-corrected chi connectivity index (χ3v) is 7.05. The lowest BCUT2D eigenvalue weighted by Crippen LogP contribution is -2.17. The van der Waals surface area contributed by atoms with Crippen LogP contribution in [0.5, 0.6) is 5.75 Å². The van der Waals surface area contributed by atoms with Crippen molar-refractivity contribution < 1.29 is 24.1 Å². The summed E-state index contributed by atoms with van der Waals surface area (Å²) < 4.78 is 27.6. The summed E-state index contributed by atoms with van der Waals surface area (Å²) >= 11 is 0. The highest BCUT2D eigenvalue weighted by Gasteiger charge is 2.29. The summed E-state index contributed by atoms with van der Waals surface area (Å²) in [7, 11) is 1.58. The summed E-state index contributed by atoms with van der Waals surface area (Å²) in [5, 5.41) is 28.7. The number of rotatable bonds is 5. The number of benzene rings is 3. The highest BCUT2D eigenvalue weighted by molar-refractivity contribution is 6.06. The van der Waals surface area contributed by atoms with Crippen molar-refractivity contribution in [2.45, 2.75) is 25.0 Å². The van der Waals surface area contributed by atoms with Crippen LogP contribution in [0.15, 0.2) is 60.8 Å². The molecule has 0 aliphatic carbocycles. The number of nitrogens with zero attached hydrogens (tertiary/aromatic N) is 2. The second kappa shape index (κ2) is 9.05. The van der Waals surface area contributed by atoms with E-state index in [9.17, 15) is 14.6 Å². The molecule has 3 heterocycles. The van der Waals surface area contributed by atoms with E-state index in [1.807, 2.05) is 6.07 Å². The molecule has 1 fully saturated rings. The van der Waals surface area contributed by atoms with Crippen molar-refractivity contribution in [2.24, 2.45) is 0 Å². The summed E-state index contributed by atoms with van der Waals surface area (Å²) in [5.41, 5.74) is 6.01. The first-order valence-corrected chi connectivity index (χ1v) is 11.9. The van der Waals surface area contributed by atoms with E-state index in [-0.39, 0.29) is 11.7 Å². The molecule has 8 heteroatoms. The van der Waals surface area contributed by atoms with Gasteiger partial charge in [0.25, 0.3) is 0 Å². The molecule has 0 amide bonds. The summed E-state index contributed by atoms with van der Waals surface area (Å²) in [6.45, 7) is 1.32. The number of nitrogens with one attached hydrogen (secondary N) is 1. The minimum absolute atomic E-state index is 0.190. The van der Waals surface area contributed by atoms with Crippen LogP contribution >= 0.6 is 0 Å². The molecule has 6 rings (SSSR count). The van der Waals surface area contributed by atoms with Crippen molar-refractivity contribution in [3.05, 3.63) is 77.9 Å². The van der Waals surface area contributed by atoms with Gasteiger partial charge < -0.3 is 24.3 Å². The Bertz CT molecular complexity index is 1550. The van der Waals surface area contributed by atoms with E-state index in [0.29, 0.717) is 24.5 Å². The molecule has 0 spiro atoms. The molecule has 1 aliphatic rings. The quantitative estimate of drug-likeness (QED) is 0.297. The second-order valence-corrected chi connectivity index (χ2v) is 9.12. The van der Waals surface area contributed by atoms with Gasteiger partial charge in [-0.25, -0.2) is 4.39 Å². The predicted octanol–water partition coefficient (Wildman–Crippen LogP) is 5.20. The predicted molar refractivity (Wildman–Crippen MR) is 135 cm³/mol. The van der Waals surface area contributed by atoms with Crippen LogP contribution in [0, 0.1) is 5.82 Å². The first-order chi connectivity index (χ1) is 17.5. The Balaban J connectivity index is 1.74. The Morgan fingerprint density at radius 3 is 2.58 bits per heavy atom. The Hall–Kier alpha value is -3.72. The molecule has 5 aromatic rings. The lowest BCUT2D eigenvalue weighted by Gasteiger charge is -2.26. The topological polar surface area (TPSA) is 92.5 Å². The third kappa shape index (κ3) is 3.74. The minimum Gasteiger partial charge on any atom is -0.496 e. The smallest absolute Gasteiger partial charge is 0.178 e. The maximum Gasteiger partial charge on any atom is 0.178 e. The van der Waals surface area contributed by atoms with E-state index < -0.39 is 6.29 Å². The lowest BCUT2D eigenvalue weighted by molar-refractivity contribution is -0.0425. The Kier molecular flexibility index (Phi) is 5.72. The number of aliphatic hydroxyl groups is 2. The number of hydrogen-bond acceptors (Lipinski definition) is 5. The lowest BCUT2D eigenvalue weighted by atomic mass is 9.89. The summed E-state index contributed by atoms with van der Waals surface area (Å²) in [6.07, 6.45) is 1.88. The Morgan fingerprint density at radius 1 is 1.08 bits per heavy atom. The molecule has 0 bridgehead atoms. The van der Waals surface area contributed by atoms with Gasteiger partial charge in [0.15, 0.2) is 6.29 Å². The van der Waals surface area contributed by atoms with Gasteiger partial charge in [-0.2, -0.15) is 5.10 Å². The number of H-pyrrole nitrogens is 1. The van der Waals surface area contributed by atoms with Crippen molar-refractivity contribution >= 4 is 21.8 Å². The number of aliphatic hydroxyl groups excluding tert-OH is 1. The van der Waals surface area contributed by atoms with Crippen molar-refractivity contribution in [3.63, 3.8) is 0 Å². The number of methoxy groups -OCH3 is 1. The fourth-order valence-corrected chi connectivity index (χ4v) is 5.33. The molecule has 36 heavy (non-hydrogen) atoms. The molecule has 7 nitrogen and oxygen atoms in total. The first kappa shape index (κ1) is 22.7. The maximum absolute atomic E-state index is 13.9. The van der Waals surface area contributed by atoms with Gasteiger partial charge >= 0.3 is 0 Å². The number of aromatic amines is 1. The average molecular weight is 488 g/mol. The van der Waals surface area contributed by atoms with Gasteiger partial charge in [0.1, 0.15) is 11.6 Å². The number of ether oxygens (including phenoxy) is 2. The summed E-state index contributed by atoms with van der Waals surface area (Å²) in [4.78, 5) is 0. The van der Waals surface area contributed by atoms with Gasteiger partial charge in [0.05, 0.1) is 24.3 Å². The van der Waals surface area contributed by atoms with Gasteiger partial charge in [-0.05, 0) is 55.3 Å². The van der Waals surface area contributed by atoms with Gasteiger partial charge in [-0.3, -0.25) is 5.10 Å². The van der Waals surface area contributed by atoms with Crippen molar-refractivity contribution in [1.29, 1.82) is 0 Å². The van der Waals surface area contributed by atoms with Gasteiger partial charge in [-0.15, -0.1) is 0 Å². The van der Waals surface area contributed by atoms with Gasteiger partial charge in [-0.1, -0.05) is 12.1 Å². The normalized spacial score (nSPS) is 14.8. The van der Waals surface area contributed by atoms with Crippen molar-refractivity contribution in [2.75, 3.05) is 20.3 Å². The van der Waals surface area contributed by atoms with Crippen LogP contribution in [-0.4, -0.2) is 45.3 Å². The molecule has 0 saturated carbocycles. The number of fused-ring (bicyclic) bond motifs is 2. The fourth-order valence-electron chi connectivity index (χ4n) is 5.33. The number of halogens is 1. The van der Waals surface area contributed by atoms with E-state index in [1.54, 1.807) is 37.6 Å². The molecule has 1 saturated heterocycles. The molecule has 2 aromatic heterocycles. The van der Waals surface area contributed by atoms with Crippen LogP contribution in [0.25, 0.3) is 38.6 Å². The SMILES string of the molecule is COc1cc(C(O)O)ccc1-c1c(C2CCOCC2)n(-c2ccc(F)cc2)c2cc3cn[nH]c3cc12. The number of aromatic nitrogens is 3. The van der Waals surface area contributed by atoms with Crippen LogP contribution in [0.4, 0.5) is 4.39 Å². The van der Waals surface area contributed by atoms with E-state index in [1.165, 1.54) is 12.1 Å². The van der Waals surface area contributed by atoms with Gasteiger partial charge in [0.2, 0.25) is 0 Å². The molecule has 3 N–H and O–H groups in total. The monoisotopic (exact) mass is 487 g/mol. The molecular weight excluding hydrogens is 461 g/mol. The molecule has 184 valence electrons. The largest absolute Gasteiger partial charge is 0.496 e. The van der Waals surface area contributed by atoms with Gasteiger partial charge in [0, 0.05) is 58.0 Å². The third-order valence-electron chi connectivity index (χ3n) is 7.05. The van der Waals surface area contributed by atoms with Crippen molar-refractivity contribution in [1.82, 2.24) is 14.8 Å². The molecular formula is C28H26FN3O4. The Morgan fingerprint density at radius 2 is 1.86 bits per heavy atom. The molecule has 1 aliphatic heterocycles. The Labute approximate surface area is 206 Å². The maximum atomic E-state index is 13.9. The van der Waals surface area contributed by atoms with E-state index in [0.717, 1.165) is 57.2 Å².